The van der Waals surface area contributed by atoms with Crippen molar-refractivity contribution in [2.45, 2.75) is 57.8 Å². The Balaban J connectivity index is 1.58. The predicted molar refractivity (Wildman–Crippen MR) is 110 cm³/mol. The van der Waals surface area contributed by atoms with Gasteiger partial charge in [0.05, 0.1) is 6.67 Å². The summed E-state index contributed by atoms with van der Waals surface area (Å²) in [6, 6.07) is 18.2. The summed E-state index contributed by atoms with van der Waals surface area (Å²) in [5.74, 6) is 1.33. The monoisotopic (exact) mass is 350 g/mol. The maximum Gasteiger partial charge on any atom is 0.0928 e. The molecule has 0 radical (unpaired) electrons. The van der Waals surface area contributed by atoms with E-state index in [0.717, 1.165) is 6.42 Å². The first-order chi connectivity index (χ1) is 12.8. The Bertz CT molecular complexity index is 673. The molecule has 1 heteroatoms. The molecule has 0 atom stereocenters. The maximum absolute atomic E-state index is 12.2. The summed E-state index contributed by atoms with van der Waals surface area (Å²) in [6.07, 6.45) is 12.1. The van der Waals surface area contributed by atoms with Gasteiger partial charge >= 0.3 is 0 Å². The zero-order chi connectivity index (χ0) is 18.2. The van der Waals surface area contributed by atoms with Crippen molar-refractivity contribution in [3.63, 3.8) is 0 Å². The average Bonchev–Trinajstić information content (AvgIpc) is 2.70. The molecular formula is C25H31F. The van der Waals surface area contributed by atoms with Gasteiger partial charge in [0.1, 0.15) is 0 Å². The lowest BCUT2D eigenvalue weighted by atomic mass is 9.78. The van der Waals surface area contributed by atoms with E-state index in [2.05, 4.69) is 61.5 Å². The van der Waals surface area contributed by atoms with Crippen LogP contribution in [0.2, 0.25) is 0 Å². The van der Waals surface area contributed by atoms with Crippen LogP contribution in [-0.2, 0) is 6.42 Å². The Kier molecular flexibility index (Phi) is 7.05. The van der Waals surface area contributed by atoms with E-state index < -0.39 is 0 Å². The summed E-state index contributed by atoms with van der Waals surface area (Å²) < 4.78 is 12.2. The predicted octanol–water partition coefficient (Wildman–Crippen LogP) is 7.50. The van der Waals surface area contributed by atoms with Crippen molar-refractivity contribution in [2.24, 2.45) is 5.92 Å². The van der Waals surface area contributed by atoms with Gasteiger partial charge in [-0.1, -0.05) is 74.0 Å². The molecule has 26 heavy (non-hydrogen) atoms. The number of aryl methyl sites for hydroxylation is 1. The van der Waals surface area contributed by atoms with Gasteiger partial charge in [-0.15, -0.1) is 0 Å². The lowest BCUT2D eigenvalue weighted by Crippen LogP contribution is -2.11. The maximum atomic E-state index is 12.2. The van der Waals surface area contributed by atoms with Gasteiger partial charge in [0, 0.05) is 0 Å². The number of hydrogen-bond donors (Lipinski definition) is 0. The first-order valence-corrected chi connectivity index (χ1v) is 10.2. The number of halogens is 1. The fourth-order valence-electron chi connectivity index (χ4n) is 4.10. The van der Waals surface area contributed by atoms with Crippen LogP contribution in [0.3, 0.4) is 0 Å². The van der Waals surface area contributed by atoms with Crippen LogP contribution >= 0.6 is 0 Å². The summed E-state index contributed by atoms with van der Waals surface area (Å²) in [6.45, 7) is 1.99. The van der Waals surface area contributed by atoms with Crippen LogP contribution in [0.15, 0.2) is 60.7 Å². The number of hydrogen-bond acceptors (Lipinski definition) is 0. The number of rotatable bonds is 7. The van der Waals surface area contributed by atoms with Gasteiger partial charge in [0.25, 0.3) is 0 Å². The smallest absolute Gasteiger partial charge is 0.0928 e. The van der Waals surface area contributed by atoms with Gasteiger partial charge in [-0.05, 0) is 72.6 Å². The van der Waals surface area contributed by atoms with Gasteiger partial charge in [-0.2, -0.15) is 0 Å². The van der Waals surface area contributed by atoms with Gasteiger partial charge in [0.2, 0.25) is 0 Å². The fourth-order valence-corrected chi connectivity index (χ4v) is 4.10. The Morgan fingerprint density at radius 2 is 1.50 bits per heavy atom. The van der Waals surface area contributed by atoms with E-state index in [1.54, 1.807) is 0 Å². The van der Waals surface area contributed by atoms with E-state index >= 15 is 0 Å². The quantitative estimate of drug-likeness (QED) is 0.454. The lowest BCUT2D eigenvalue weighted by Gasteiger charge is -2.27. The Morgan fingerprint density at radius 3 is 2.08 bits per heavy atom. The van der Waals surface area contributed by atoms with Crippen LogP contribution in [-0.4, -0.2) is 6.67 Å². The molecule has 1 fully saturated rings. The normalized spacial score (nSPS) is 20.5. The van der Waals surface area contributed by atoms with E-state index in [4.69, 9.17) is 0 Å². The zero-order valence-corrected chi connectivity index (χ0v) is 16.0. The van der Waals surface area contributed by atoms with Gasteiger partial charge in [-0.25, -0.2) is 0 Å². The number of allylic oxidation sites excluding steroid dienone is 2. The molecule has 0 unspecified atom stereocenters. The molecule has 2 aromatic rings. The molecule has 2 aromatic carbocycles. The third-order valence-corrected chi connectivity index (χ3v) is 5.66. The molecule has 0 aliphatic heterocycles. The third kappa shape index (κ3) is 5.06. The highest BCUT2D eigenvalue weighted by Gasteiger charge is 2.20. The Labute approximate surface area is 158 Å². The summed E-state index contributed by atoms with van der Waals surface area (Å²) >= 11 is 0. The SMILES string of the molecule is CCCc1ccc(-c2ccc([C@H]3CC[C@H](/C=C/CCF)CC3)cc2)cc1. The van der Waals surface area contributed by atoms with Crippen molar-refractivity contribution in [1.29, 1.82) is 0 Å². The summed E-state index contributed by atoms with van der Waals surface area (Å²) in [4.78, 5) is 0. The molecular weight excluding hydrogens is 319 g/mol. The molecule has 3 rings (SSSR count). The van der Waals surface area contributed by atoms with Crippen molar-refractivity contribution in [2.75, 3.05) is 6.67 Å². The molecule has 1 aliphatic rings. The van der Waals surface area contributed by atoms with Crippen molar-refractivity contribution >= 4 is 0 Å². The van der Waals surface area contributed by atoms with Crippen molar-refractivity contribution in [1.82, 2.24) is 0 Å². The number of alkyl halides is 1. The van der Waals surface area contributed by atoms with E-state index in [1.807, 2.05) is 6.08 Å². The standard InChI is InChI=1S/C25H31F/c1-2-5-20-7-11-22(12-8-20)24-15-17-25(18-16-24)23-13-9-21(10-14-23)6-3-4-19-26/h3,6-8,11-12,15-18,21,23H,2,4-5,9-10,13-14,19H2,1H3/b6-3+/t21-,23-. The molecule has 0 spiro atoms. The topological polar surface area (TPSA) is 0 Å². The Hall–Kier alpha value is -1.89. The molecule has 0 N–H and O–H groups in total. The molecule has 0 amide bonds. The van der Waals surface area contributed by atoms with Crippen molar-refractivity contribution in [3.8, 4) is 11.1 Å². The lowest BCUT2D eigenvalue weighted by molar-refractivity contribution is 0.375. The van der Waals surface area contributed by atoms with Crippen LogP contribution in [0.4, 0.5) is 4.39 Å². The second-order valence-electron chi connectivity index (χ2n) is 7.59. The molecule has 0 aromatic heterocycles. The Morgan fingerprint density at radius 1 is 0.885 bits per heavy atom. The second kappa shape index (κ2) is 9.71. The molecule has 1 saturated carbocycles. The zero-order valence-electron chi connectivity index (χ0n) is 16.0. The second-order valence-corrected chi connectivity index (χ2v) is 7.59. The van der Waals surface area contributed by atoms with Gasteiger partial charge in [0.15, 0.2) is 0 Å². The van der Waals surface area contributed by atoms with Crippen LogP contribution in [0, 0.1) is 5.92 Å². The van der Waals surface area contributed by atoms with Crippen LogP contribution in [0.25, 0.3) is 11.1 Å². The molecule has 1 aliphatic carbocycles. The van der Waals surface area contributed by atoms with Crippen LogP contribution in [0.5, 0.6) is 0 Å². The summed E-state index contributed by atoms with van der Waals surface area (Å²) in [5, 5.41) is 0. The molecule has 0 nitrogen and oxygen atoms in total. The highest BCUT2D eigenvalue weighted by atomic mass is 19.1. The van der Waals surface area contributed by atoms with Crippen molar-refractivity contribution < 1.29 is 4.39 Å². The summed E-state index contributed by atoms with van der Waals surface area (Å²) in [7, 11) is 0. The van der Waals surface area contributed by atoms with E-state index in [9.17, 15) is 4.39 Å². The van der Waals surface area contributed by atoms with Crippen LogP contribution < -0.4 is 0 Å². The summed E-state index contributed by atoms with van der Waals surface area (Å²) in [5.41, 5.74) is 5.51. The minimum Gasteiger partial charge on any atom is -0.251 e. The average molecular weight is 351 g/mol. The minimum absolute atomic E-state index is 0.237. The third-order valence-electron chi connectivity index (χ3n) is 5.66. The van der Waals surface area contributed by atoms with Crippen LogP contribution in [0.1, 0.15) is 62.5 Å². The van der Waals surface area contributed by atoms with Gasteiger partial charge < -0.3 is 0 Å². The molecule has 0 bridgehead atoms. The fraction of sp³-hybridized carbons (Fsp3) is 0.440. The highest BCUT2D eigenvalue weighted by molar-refractivity contribution is 5.64. The first-order valence-electron chi connectivity index (χ1n) is 10.2. The van der Waals surface area contributed by atoms with Gasteiger partial charge in [-0.3, -0.25) is 4.39 Å². The van der Waals surface area contributed by atoms with E-state index in [1.165, 1.54) is 54.4 Å². The molecule has 138 valence electrons. The van der Waals surface area contributed by atoms with E-state index in [-0.39, 0.29) is 6.67 Å². The highest BCUT2D eigenvalue weighted by Crippen LogP contribution is 2.37. The number of benzene rings is 2. The molecule has 0 saturated heterocycles. The largest absolute Gasteiger partial charge is 0.251 e. The minimum atomic E-state index is -0.237. The van der Waals surface area contributed by atoms with Crippen molar-refractivity contribution in [3.05, 3.63) is 71.8 Å². The first kappa shape index (κ1) is 18.9. The van der Waals surface area contributed by atoms with E-state index in [0.29, 0.717) is 18.3 Å². The molecule has 0 heterocycles.